The SMILES string of the molecule is C=CN(C)/C(=C\C)CC(C)N. The van der Waals surface area contributed by atoms with Crippen molar-refractivity contribution in [2.45, 2.75) is 26.3 Å². The molecule has 2 N–H and O–H groups in total. The van der Waals surface area contributed by atoms with Crippen molar-refractivity contribution in [1.29, 1.82) is 0 Å². The lowest BCUT2D eigenvalue weighted by atomic mass is 10.2. The first-order chi connectivity index (χ1) is 5.11. The van der Waals surface area contributed by atoms with Crippen LogP contribution in [0.2, 0.25) is 0 Å². The summed E-state index contributed by atoms with van der Waals surface area (Å²) in [7, 11) is 1.98. The van der Waals surface area contributed by atoms with Gasteiger partial charge in [-0.05, 0) is 20.0 Å². The molecular formula is C9H18N2. The molecule has 0 aliphatic rings. The molecule has 0 rings (SSSR count). The average molecular weight is 154 g/mol. The van der Waals surface area contributed by atoms with Crippen molar-refractivity contribution in [3.8, 4) is 0 Å². The standard InChI is InChI=1S/C9H18N2/c1-5-9(7-8(3)10)11(4)6-2/h5-6,8H,2,7,10H2,1,3-4H3/b9-5-. The molecule has 0 aromatic rings. The van der Waals surface area contributed by atoms with Gasteiger partial charge in [0.15, 0.2) is 0 Å². The lowest BCUT2D eigenvalue weighted by Crippen LogP contribution is -2.20. The van der Waals surface area contributed by atoms with Gasteiger partial charge in [0.2, 0.25) is 0 Å². The minimum atomic E-state index is 0.212. The molecule has 0 aromatic carbocycles. The van der Waals surface area contributed by atoms with Crippen molar-refractivity contribution in [2.24, 2.45) is 5.73 Å². The Morgan fingerprint density at radius 1 is 1.73 bits per heavy atom. The summed E-state index contributed by atoms with van der Waals surface area (Å²) >= 11 is 0. The van der Waals surface area contributed by atoms with Gasteiger partial charge in [-0.15, -0.1) is 0 Å². The molecule has 0 aromatic heterocycles. The van der Waals surface area contributed by atoms with Crippen LogP contribution in [0.5, 0.6) is 0 Å². The van der Waals surface area contributed by atoms with Crippen LogP contribution in [0.3, 0.4) is 0 Å². The molecule has 0 aliphatic heterocycles. The zero-order chi connectivity index (χ0) is 8.85. The fraction of sp³-hybridized carbons (Fsp3) is 0.556. The second-order valence-electron chi connectivity index (χ2n) is 2.75. The zero-order valence-electron chi connectivity index (χ0n) is 7.67. The van der Waals surface area contributed by atoms with E-state index < -0.39 is 0 Å². The summed E-state index contributed by atoms with van der Waals surface area (Å²) in [5.74, 6) is 0. The van der Waals surface area contributed by atoms with Gasteiger partial charge in [0, 0.05) is 25.2 Å². The Hall–Kier alpha value is -0.760. The Kier molecular flexibility index (Phi) is 4.62. The lowest BCUT2D eigenvalue weighted by Gasteiger charge is -2.19. The molecule has 0 spiro atoms. The van der Waals surface area contributed by atoms with Gasteiger partial charge in [-0.1, -0.05) is 12.7 Å². The molecule has 0 heterocycles. The highest BCUT2D eigenvalue weighted by molar-refractivity contribution is 5.03. The highest BCUT2D eigenvalue weighted by atomic mass is 15.1. The van der Waals surface area contributed by atoms with Crippen molar-refractivity contribution < 1.29 is 0 Å². The minimum Gasteiger partial charge on any atom is -0.355 e. The van der Waals surface area contributed by atoms with Crippen LogP contribution >= 0.6 is 0 Å². The van der Waals surface area contributed by atoms with Crippen LogP contribution in [0.15, 0.2) is 24.6 Å². The number of nitrogens with zero attached hydrogens (tertiary/aromatic N) is 1. The fourth-order valence-corrected chi connectivity index (χ4v) is 0.913. The summed E-state index contributed by atoms with van der Waals surface area (Å²) in [4.78, 5) is 1.99. The van der Waals surface area contributed by atoms with Crippen molar-refractivity contribution in [3.05, 3.63) is 24.6 Å². The van der Waals surface area contributed by atoms with E-state index in [0.29, 0.717) is 0 Å². The van der Waals surface area contributed by atoms with E-state index in [2.05, 4.69) is 12.7 Å². The number of hydrogen-bond acceptors (Lipinski definition) is 2. The fourth-order valence-electron chi connectivity index (χ4n) is 0.913. The quantitative estimate of drug-likeness (QED) is 0.668. The average Bonchev–Trinajstić information content (AvgIpc) is 1.98. The van der Waals surface area contributed by atoms with Crippen LogP contribution in [0.4, 0.5) is 0 Å². The van der Waals surface area contributed by atoms with E-state index in [1.165, 1.54) is 5.70 Å². The van der Waals surface area contributed by atoms with Gasteiger partial charge in [0.1, 0.15) is 0 Å². The monoisotopic (exact) mass is 154 g/mol. The first kappa shape index (κ1) is 10.2. The summed E-state index contributed by atoms with van der Waals surface area (Å²) in [6.07, 6.45) is 4.75. The Morgan fingerprint density at radius 2 is 2.27 bits per heavy atom. The summed E-state index contributed by atoms with van der Waals surface area (Å²) in [5, 5.41) is 0. The number of hydrogen-bond donors (Lipinski definition) is 1. The lowest BCUT2D eigenvalue weighted by molar-refractivity contribution is 0.515. The van der Waals surface area contributed by atoms with Crippen LogP contribution in [0, 0.1) is 0 Å². The summed E-state index contributed by atoms with van der Waals surface area (Å²) in [6, 6.07) is 0.212. The highest BCUT2D eigenvalue weighted by Gasteiger charge is 2.02. The highest BCUT2D eigenvalue weighted by Crippen LogP contribution is 2.08. The molecule has 0 fully saturated rings. The molecule has 0 amide bonds. The number of nitrogens with two attached hydrogens (primary N) is 1. The van der Waals surface area contributed by atoms with Crippen LogP contribution in [-0.4, -0.2) is 18.0 Å². The second-order valence-corrected chi connectivity index (χ2v) is 2.75. The topological polar surface area (TPSA) is 29.3 Å². The molecule has 0 aliphatic carbocycles. The van der Waals surface area contributed by atoms with E-state index in [4.69, 9.17) is 5.73 Å². The van der Waals surface area contributed by atoms with Crippen molar-refractivity contribution in [2.75, 3.05) is 7.05 Å². The molecule has 64 valence electrons. The van der Waals surface area contributed by atoms with Crippen LogP contribution in [0.1, 0.15) is 20.3 Å². The van der Waals surface area contributed by atoms with E-state index in [9.17, 15) is 0 Å². The molecule has 11 heavy (non-hydrogen) atoms. The van der Waals surface area contributed by atoms with Gasteiger partial charge in [-0.2, -0.15) is 0 Å². The second kappa shape index (κ2) is 4.97. The Bertz CT molecular complexity index is 148. The third-order valence-corrected chi connectivity index (χ3v) is 1.59. The van der Waals surface area contributed by atoms with Gasteiger partial charge in [0.05, 0.1) is 0 Å². The molecule has 0 bridgehead atoms. The van der Waals surface area contributed by atoms with Gasteiger partial charge < -0.3 is 10.6 Å². The Labute approximate surface area is 69.4 Å². The van der Waals surface area contributed by atoms with E-state index in [1.54, 1.807) is 6.20 Å². The zero-order valence-corrected chi connectivity index (χ0v) is 7.67. The van der Waals surface area contributed by atoms with Crippen LogP contribution in [0.25, 0.3) is 0 Å². The number of allylic oxidation sites excluding steroid dienone is 1. The largest absolute Gasteiger partial charge is 0.355 e. The first-order valence-corrected chi connectivity index (χ1v) is 3.88. The van der Waals surface area contributed by atoms with E-state index in [0.717, 1.165) is 6.42 Å². The van der Waals surface area contributed by atoms with Crippen molar-refractivity contribution in [3.63, 3.8) is 0 Å². The first-order valence-electron chi connectivity index (χ1n) is 3.88. The van der Waals surface area contributed by atoms with Gasteiger partial charge in [-0.25, -0.2) is 0 Å². The molecule has 0 radical (unpaired) electrons. The minimum absolute atomic E-state index is 0.212. The van der Waals surface area contributed by atoms with Gasteiger partial charge in [-0.3, -0.25) is 0 Å². The van der Waals surface area contributed by atoms with Crippen molar-refractivity contribution >= 4 is 0 Å². The third-order valence-electron chi connectivity index (χ3n) is 1.59. The molecule has 0 saturated heterocycles. The molecule has 2 nitrogen and oxygen atoms in total. The summed E-state index contributed by atoms with van der Waals surface area (Å²) in [5.41, 5.74) is 6.88. The summed E-state index contributed by atoms with van der Waals surface area (Å²) in [6.45, 7) is 7.69. The summed E-state index contributed by atoms with van der Waals surface area (Å²) < 4.78 is 0. The smallest absolute Gasteiger partial charge is 0.0143 e. The van der Waals surface area contributed by atoms with Crippen LogP contribution in [-0.2, 0) is 0 Å². The Balaban J connectivity index is 4.07. The molecule has 2 heteroatoms. The molecule has 0 saturated carbocycles. The molecule has 1 atom stereocenters. The Morgan fingerprint density at radius 3 is 2.55 bits per heavy atom. The number of rotatable bonds is 4. The third kappa shape index (κ3) is 3.83. The van der Waals surface area contributed by atoms with Gasteiger partial charge in [0.25, 0.3) is 0 Å². The van der Waals surface area contributed by atoms with E-state index in [-0.39, 0.29) is 6.04 Å². The van der Waals surface area contributed by atoms with E-state index in [1.807, 2.05) is 25.8 Å². The predicted octanol–water partition coefficient (Wildman–Crippen LogP) is 1.70. The maximum absolute atomic E-state index is 5.66. The van der Waals surface area contributed by atoms with Gasteiger partial charge >= 0.3 is 0 Å². The maximum Gasteiger partial charge on any atom is 0.0143 e. The normalized spacial score (nSPS) is 14.4. The maximum atomic E-state index is 5.66. The van der Waals surface area contributed by atoms with Crippen molar-refractivity contribution in [1.82, 2.24) is 4.90 Å². The van der Waals surface area contributed by atoms with Crippen LogP contribution < -0.4 is 5.73 Å². The molecule has 1 unspecified atom stereocenters. The predicted molar refractivity (Wildman–Crippen MR) is 50.0 cm³/mol. The molecular weight excluding hydrogens is 136 g/mol. The van der Waals surface area contributed by atoms with E-state index >= 15 is 0 Å².